The minimum atomic E-state index is 0.235. The highest BCUT2D eigenvalue weighted by molar-refractivity contribution is 4.92. The first-order valence-corrected chi connectivity index (χ1v) is 7.45. The summed E-state index contributed by atoms with van der Waals surface area (Å²) in [5.41, 5.74) is 6.28. The molecule has 2 aliphatic rings. The molecular weight excluding hydrogens is 210 g/mol. The molecule has 1 saturated heterocycles. The lowest BCUT2D eigenvalue weighted by atomic mass is 9.90. The second-order valence-corrected chi connectivity index (χ2v) is 5.93. The van der Waals surface area contributed by atoms with Gasteiger partial charge in [0.15, 0.2) is 0 Å². The summed E-state index contributed by atoms with van der Waals surface area (Å²) in [6.45, 7) is 7.88. The van der Waals surface area contributed by atoms with Gasteiger partial charge in [-0.25, -0.2) is 0 Å². The first kappa shape index (κ1) is 13.3. The van der Waals surface area contributed by atoms with Gasteiger partial charge in [0, 0.05) is 12.1 Å². The maximum Gasteiger partial charge on any atom is 0.0316 e. The SMILES string of the molecule is CCN1CCCC(CN)(NCCC2CC2)CC1. The van der Waals surface area contributed by atoms with Crippen molar-refractivity contribution in [1.82, 2.24) is 10.2 Å². The van der Waals surface area contributed by atoms with Crippen molar-refractivity contribution in [1.29, 1.82) is 0 Å². The Balaban J connectivity index is 1.79. The summed E-state index contributed by atoms with van der Waals surface area (Å²) in [5, 5.41) is 3.79. The largest absolute Gasteiger partial charge is 0.329 e. The van der Waals surface area contributed by atoms with E-state index in [1.54, 1.807) is 0 Å². The van der Waals surface area contributed by atoms with Gasteiger partial charge in [0.05, 0.1) is 0 Å². The standard InChI is InChI=1S/C14H29N3/c1-2-17-10-3-7-14(12-15,8-11-17)16-9-6-13-4-5-13/h13,16H,2-12,15H2,1H3. The molecule has 2 fully saturated rings. The Hall–Kier alpha value is -0.120. The fourth-order valence-corrected chi connectivity index (χ4v) is 2.97. The van der Waals surface area contributed by atoms with E-state index in [9.17, 15) is 0 Å². The third-order valence-electron chi connectivity index (χ3n) is 4.62. The van der Waals surface area contributed by atoms with E-state index in [4.69, 9.17) is 5.73 Å². The van der Waals surface area contributed by atoms with Crippen molar-refractivity contribution in [3.8, 4) is 0 Å². The smallest absolute Gasteiger partial charge is 0.0316 e. The van der Waals surface area contributed by atoms with Gasteiger partial charge >= 0.3 is 0 Å². The first-order valence-electron chi connectivity index (χ1n) is 7.45. The molecule has 2 rings (SSSR count). The maximum atomic E-state index is 6.05. The van der Waals surface area contributed by atoms with Crippen molar-refractivity contribution in [3.63, 3.8) is 0 Å². The first-order chi connectivity index (χ1) is 8.28. The molecule has 3 nitrogen and oxygen atoms in total. The molecule has 1 aliphatic carbocycles. The fraction of sp³-hybridized carbons (Fsp3) is 1.00. The zero-order valence-corrected chi connectivity index (χ0v) is 11.4. The van der Waals surface area contributed by atoms with E-state index in [2.05, 4.69) is 17.1 Å². The van der Waals surface area contributed by atoms with E-state index in [-0.39, 0.29) is 5.54 Å². The number of rotatable bonds is 6. The molecule has 0 aromatic carbocycles. The highest BCUT2D eigenvalue weighted by Crippen LogP contribution is 2.32. The van der Waals surface area contributed by atoms with Gasteiger partial charge in [0.25, 0.3) is 0 Å². The molecule has 3 heteroatoms. The second-order valence-electron chi connectivity index (χ2n) is 5.93. The molecule has 0 bridgehead atoms. The molecule has 1 aliphatic heterocycles. The van der Waals surface area contributed by atoms with E-state index in [0.29, 0.717) is 0 Å². The normalized spacial score (nSPS) is 31.4. The van der Waals surface area contributed by atoms with Gasteiger partial charge in [-0.05, 0) is 57.8 Å². The number of hydrogen-bond donors (Lipinski definition) is 2. The molecule has 0 spiro atoms. The molecule has 0 aromatic heterocycles. The van der Waals surface area contributed by atoms with Crippen LogP contribution in [0.3, 0.4) is 0 Å². The van der Waals surface area contributed by atoms with Crippen molar-refractivity contribution in [3.05, 3.63) is 0 Å². The van der Waals surface area contributed by atoms with Gasteiger partial charge < -0.3 is 16.0 Å². The Morgan fingerprint density at radius 2 is 2.12 bits per heavy atom. The molecule has 0 amide bonds. The van der Waals surface area contributed by atoms with Crippen LogP contribution in [0.5, 0.6) is 0 Å². The molecule has 1 heterocycles. The summed E-state index contributed by atoms with van der Waals surface area (Å²) in [4.78, 5) is 2.56. The van der Waals surface area contributed by atoms with Crippen molar-refractivity contribution in [2.75, 3.05) is 32.7 Å². The monoisotopic (exact) mass is 239 g/mol. The number of nitrogens with two attached hydrogens (primary N) is 1. The van der Waals surface area contributed by atoms with Gasteiger partial charge in [-0.15, -0.1) is 0 Å². The lowest BCUT2D eigenvalue weighted by Crippen LogP contribution is -2.52. The van der Waals surface area contributed by atoms with Crippen LogP contribution in [0.1, 0.15) is 45.4 Å². The highest BCUT2D eigenvalue weighted by Gasteiger charge is 2.31. The Kier molecular flexibility index (Phi) is 4.83. The molecule has 0 aromatic rings. The molecule has 17 heavy (non-hydrogen) atoms. The van der Waals surface area contributed by atoms with Crippen LogP contribution in [0, 0.1) is 5.92 Å². The quantitative estimate of drug-likeness (QED) is 0.739. The summed E-state index contributed by atoms with van der Waals surface area (Å²) < 4.78 is 0. The summed E-state index contributed by atoms with van der Waals surface area (Å²) in [5.74, 6) is 1.02. The molecule has 3 N–H and O–H groups in total. The van der Waals surface area contributed by atoms with Crippen molar-refractivity contribution in [2.45, 2.75) is 51.0 Å². The van der Waals surface area contributed by atoms with Gasteiger partial charge in [-0.1, -0.05) is 19.8 Å². The van der Waals surface area contributed by atoms with Crippen molar-refractivity contribution < 1.29 is 0 Å². The van der Waals surface area contributed by atoms with E-state index >= 15 is 0 Å². The molecule has 100 valence electrons. The Morgan fingerprint density at radius 3 is 2.76 bits per heavy atom. The maximum absolute atomic E-state index is 6.05. The number of likely N-dealkylation sites (tertiary alicyclic amines) is 1. The molecule has 1 atom stereocenters. The van der Waals surface area contributed by atoms with Crippen LogP contribution < -0.4 is 11.1 Å². The van der Waals surface area contributed by atoms with Crippen LogP contribution in [-0.2, 0) is 0 Å². The molecule has 1 unspecified atom stereocenters. The minimum Gasteiger partial charge on any atom is -0.329 e. The van der Waals surface area contributed by atoms with Crippen LogP contribution in [0.25, 0.3) is 0 Å². The van der Waals surface area contributed by atoms with Crippen LogP contribution in [-0.4, -0.2) is 43.2 Å². The number of nitrogens with one attached hydrogen (secondary N) is 1. The van der Waals surface area contributed by atoms with E-state index in [0.717, 1.165) is 12.5 Å². The Morgan fingerprint density at radius 1 is 1.29 bits per heavy atom. The predicted octanol–water partition coefficient (Wildman–Crippen LogP) is 1.58. The van der Waals surface area contributed by atoms with Gasteiger partial charge in [0.1, 0.15) is 0 Å². The number of nitrogens with zero attached hydrogens (tertiary/aromatic N) is 1. The summed E-state index contributed by atoms with van der Waals surface area (Å²) >= 11 is 0. The lowest BCUT2D eigenvalue weighted by molar-refractivity contribution is 0.265. The predicted molar refractivity (Wildman–Crippen MR) is 73.1 cm³/mol. The Bertz CT molecular complexity index is 228. The summed E-state index contributed by atoms with van der Waals surface area (Å²) in [6, 6.07) is 0. The second kappa shape index (κ2) is 6.17. The van der Waals surface area contributed by atoms with Crippen molar-refractivity contribution >= 4 is 0 Å². The topological polar surface area (TPSA) is 41.3 Å². The van der Waals surface area contributed by atoms with E-state index in [1.807, 2.05) is 0 Å². The molecule has 1 saturated carbocycles. The molecular formula is C14H29N3. The summed E-state index contributed by atoms with van der Waals surface area (Å²) in [7, 11) is 0. The average molecular weight is 239 g/mol. The van der Waals surface area contributed by atoms with Crippen LogP contribution in [0.4, 0.5) is 0 Å². The van der Waals surface area contributed by atoms with Crippen LogP contribution in [0.15, 0.2) is 0 Å². The lowest BCUT2D eigenvalue weighted by Gasteiger charge is -2.33. The van der Waals surface area contributed by atoms with Gasteiger partial charge in [-0.2, -0.15) is 0 Å². The van der Waals surface area contributed by atoms with Gasteiger partial charge in [0.2, 0.25) is 0 Å². The van der Waals surface area contributed by atoms with E-state index in [1.165, 1.54) is 64.7 Å². The summed E-state index contributed by atoms with van der Waals surface area (Å²) in [6.07, 6.45) is 8.05. The zero-order valence-electron chi connectivity index (χ0n) is 11.4. The Labute approximate surface area is 106 Å². The zero-order chi connectivity index (χ0) is 12.1. The minimum absolute atomic E-state index is 0.235. The van der Waals surface area contributed by atoms with E-state index < -0.39 is 0 Å². The third kappa shape index (κ3) is 3.94. The van der Waals surface area contributed by atoms with Crippen LogP contribution >= 0.6 is 0 Å². The highest BCUT2D eigenvalue weighted by atomic mass is 15.1. The molecule has 0 radical (unpaired) electrons. The van der Waals surface area contributed by atoms with Crippen LogP contribution in [0.2, 0.25) is 0 Å². The fourth-order valence-electron chi connectivity index (χ4n) is 2.97. The van der Waals surface area contributed by atoms with Crippen molar-refractivity contribution in [2.24, 2.45) is 11.7 Å². The number of hydrogen-bond acceptors (Lipinski definition) is 3. The average Bonchev–Trinajstić information content (AvgIpc) is 3.16. The van der Waals surface area contributed by atoms with Gasteiger partial charge in [-0.3, -0.25) is 0 Å². The third-order valence-corrected chi connectivity index (χ3v) is 4.62.